The van der Waals surface area contributed by atoms with Crippen LogP contribution in [0.1, 0.15) is 17.3 Å². The molecular weight excluding hydrogens is 368 g/mol. The first-order chi connectivity index (χ1) is 12.9. The highest BCUT2D eigenvalue weighted by Gasteiger charge is 2.22. The van der Waals surface area contributed by atoms with Crippen LogP contribution >= 0.6 is 11.3 Å². The van der Waals surface area contributed by atoms with Gasteiger partial charge in [0.05, 0.1) is 12.1 Å². The van der Waals surface area contributed by atoms with E-state index in [4.69, 9.17) is 4.74 Å². The van der Waals surface area contributed by atoms with Gasteiger partial charge < -0.3 is 19.7 Å². The van der Waals surface area contributed by atoms with Gasteiger partial charge in [-0.15, -0.1) is 11.3 Å². The smallest absolute Gasteiger partial charge is 0.325 e. The number of thiophene rings is 1. The van der Waals surface area contributed by atoms with Crippen LogP contribution in [0, 0.1) is 0 Å². The number of esters is 1. The largest absolute Gasteiger partial charge is 0.506 e. The van der Waals surface area contributed by atoms with E-state index in [0.717, 1.165) is 10.4 Å². The molecule has 2 heterocycles. The molecule has 0 unspecified atom stereocenters. The highest BCUT2D eigenvalue weighted by Crippen LogP contribution is 2.32. The first kappa shape index (κ1) is 18.7. The molecule has 0 atom stereocenters. The van der Waals surface area contributed by atoms with Crippen LogP contribution in [0.2, 0.25) is 0 Å². The average molecular weight is 386 g/mol. The topological polar surface area (TPSA) is 97.6 Å². The van der Waals surface area contributed by atoms with Crippen LogP contribution in [0.3, 0.4) is 0 Å². The third-order valence-corrected chi connectivity index (χ3v) is 5.02. The minimum atomic E-state index is -0.829. The SMILES string of the molecule is CCOC(=O)CNC(=O)c1c(O)c2cc(-c3cccs3)ccc2n(C)c1=O. The molecule has 0 radical (unpaired) electrons. The molecule has 140 valence electrons. The second-order valence-electron chi connectivity index (χ2n) is 5.78. The zero-order chi connectivity index (χ0) is 19.6. The van der Waals surface area contributed by atoms with E-state index in [1.54, 1.807) is 30.4 Å². The molecule has 0 aliphatic rings. The maximum Gasteiger partial charge on any atom is 0.325 e. The van der Waals surface area contributed by atoms with Gasteiger partial charge in [-0.05, 0) is 36.1 Å². The molecule has 3 aromatic rings. The average Bonchev–Trinajstić information content (AvgIpc) is 3.19. The Kier molecular flexibility index (Phi) is 5.27. The number of fused-ring (bicyclic) bond motifs is 1. The molecule has 0 spiro atoms. The van der Waals surface area contributed by atoms with E-state index in [2.05, 4.69) is 5.32 Å². The minimum absolute atomic E-state index is 0.184. The molecule has 0 saturated heterocycles. The second-order valence-corrected chi connectivity index (χ2v) is 6.73. The van der Waals surface area contributed by atoms with Crippen molar-refractivity contribution in [1.29, 1.82) is 0 Å². The van der Waals surface area contributed by atoms with Crippen molar-refractivity contribution >= 4 is 34.1 Å². The van der Waals surface area contributed by atoms with E-state index in [-0.39, 0.29) is 13.2 Å². The highest BCUT2D eigenvalue weighted by molar-refractivity contribution is 7.13. The molecule has 0 aliphatic carbocycles. The third kappa shape index (κ3) is 3.56. The third-order valence-electron chi connectivity index (χ3n) is 4.10. The van der Waals surface area contributed by atoms with Gasteiger partial charge in [-0.25, -0.2) is 0 Å². The van der Waals surface area contributed by atoms with Crippen LogP contribution in [0.4, 0.5) is 0 Å². The molecule has 0 bridgehead atoms. The van der Waals surface area contributed by atoms with E-state index in [0.29, 0.717) is 10.9 Å². The van der Waals surface area contributed by atoms with Crippen molar-refractivity contribution in [3.63, 3.8) is 0 Å². The number of rotatable bonds is 5. The molecule has 1 aromatic carbocycles. The van der Waals surface area contributed by atoms with Gasteiger partial charge in [-0.2, -0.15) is 0 Å². The Morgan fingerprint density at radius 1 is 1.30 bits per heavy atom. The van der Waals surface area contributed by atoms with E-state index >= 15 is 0 Å². The Morgan fingerprint density at radius 2 is 2.07 bits per heavy atom. The quantitative estimate of drug-likeness (QED) is 0.656. The number of aromatic hydroxyl groups is 1. The molecule has 8 heteroatoms. The summed E-state index contributed by atoms with van der Waals surface area (Å²) in [6.07, 6.45) is 0. The number of aryl methyl sites for hydroxylation is 1. The number of pyridine rings is 1. The zero-order valence-electron chi connectivity index (χ0n) is 14.8. The summed E-state index contributed by atoms with van der Waals surface area (Å²) in [4.78, 5) is 37.4. The predicted octanol–water partition coefficient (Wildman–Crippen LogP) is 2.27. The van der Waals surface area contributed by atoms with Crippen LogP contribution < -0.4 is 10.9 Å². The monoisotopic (exact) mass is 386 g/mol. The molecular formula is C19H18N2O5S. The van der Waals surface area contributed by atoms with Crippen molar-refractivity contribution in [1.82, 2.24) is 9.88 Å². The first-order valence-corrected chi connectivity index (χ1v) is 9.15. The first-order valence-electron chi connectivity index (χ1n) is 8.27. The standard InChI is InChI=1S/C19H18N2O5S/c1-3-26-15(22)10-20-18(24)16-17(23)12-9-11(14-5-4-8-27-14)6-7-13(12)21(2)19(16)25/h4-9,23H,3,10H2,1-2H3,(H,20,24). The summed E-state index contributed by atoms with van der Waals surface area (Å²) >= 11 is 1.54. The minimum Gasteiger partial charge on any atom is -0.506 e. The van der Waals surface area contributed by atoms with Crippen molar-refractivity contribution in [3.8, 4) is 16.2 Å². The van der Waals surface area contributed by atoms with Crippen LogP contribution in [0.15, 0.2) is 40.5 Å². The summed E-state index contributed by atoms with van der Waals surface area (Å²) in [6, 6.07) is 9.17. The maximum atomic E-state index is 12.6. The number of carbonyl (C=O) groups excluding carboxylic acids is 2. The summed E-state index contributed by atoms with van der Waals surface area (Å²) in [5, 5.41) is 15.3. The predicted molar refractivity (Wildman–Crippen MR) is 103 cm³/mol. The van der Waals surface area contributed by atoms with Crippen LogP contribution in [-0.4, -0.2) is 34.7 Å². The fraction of sp³-hybridized carbons (Fsp3) is 0.211. The number of amides is 1. The normalized spacial score (nSPS) is 10.7. The van der Waals surface area contributed by atoms with Crippen LogP contribution in [0.5, 0.6) is 5.75 Å². The molecule has 0 fully saturated rings. The van der Waals surface area contributed by atoms with Crippen LogP contribution in [0.25, 0.3) is 21.3 Å². The van der Waals surface area contributed by atoms with Gasteiger partial charge in [0.1, 0.15) is 17.9 Å². The molecule has 3 rings (SSSR count). The van der Waals surface area contributed by atoms with E-state index in [9.17, 15) is 19.5 Å². The van der Waals surface area contributed by atoms with Gasteiger partial charge in [0.15, 0.2) is 0 Å². The van der Waals surface area contributed by atoms with Gasteiger partial charge in [-0.1, -0.05) is 12.1 Å². The molecule has 0 saturated carbocycles. The van der Waals surface area contributed by atoms with E-state index < -0.39 is 28.7 Å². The molecule has 1 amide bonds. The van der Waals surface area contributed by atoms with Crippen molar-refractivity contribution in [2.45, 2.75) is 6.92 Å². The fourth-order valence-electron chi connectivity index (χ4n) is 2.78. The van der Waals surface area contributed by atoms with Gasteiger partial charge in [-0.3, -0.25) is 14.4 Å². The van der Waals surface area contributed by atoms with Gasteiger partial charge in [0.2, 0.25) is 0 Å². The lowest BCUT2D eigenvalue weighted by atomic mass is 10.1. The Bertz CT molecular complexity index is 1070. The number of aromatic nitrogens is 1. The number of nitrogens with zero attached hydrogens (tertiary/aromatic N) is 1. The fourth-order valence-corrected chi connectivity index (χ4v) is 3.51. The highest BCUT2D eigenvalue weighted by atomic mass is 32.1. The summed E-state index contributed by atoms with van der Waals surface area (Å²) in [5.74, 6) is -1.86. The molecule has 2 N–H and O–H groups in total. The Balaban J connectivity index is 2.06. The lowest BCUT2D eigenvalue weighted by molar-refractivity contribution is -0.141. The maximum absolute atomic E-state index is 12.6. The van der Waals surface area contributed by atoms with E-state index in [1.807, 2.05) is 23.6 Å². The van der Waals surface area contributed by atoms with Crippen molar-refractivity contribution in [2.24, 2.45) is 7.05 Å². The molecule has 0 aliphatic heterocycles. The number of hydrogen-bond acceptors (Lipinski definition) is 6. The lowest BCUT2D eigenvalue weighted by Crippen LogP contribution is -2.35. The Morgan fingerprint density at radius 3 is 2.74 bits per heavy atom. The summed E-state index contributed by atoms with van der Waals surface area (Å²) in [5.41, 5.74) is 0.312. The summed E-state index contributed by atoms with van der Waals surface area (Å²) < 4.78 is 6.04. The Labute approximate surface area is 158 Å². The number of ether oxygens (including phenoxy) is 1. The molecule has 7 nitrogen and oxygen atoms in total. The van der Waals surface area contributed by atoms with Crippen molar-refractivity contribution in [3.05, 3.63) is 51.6 Å². The second kappa shape index (κ2) is 7.63. The van der Waals surface area contributed by atoms with E-state index in [1.165, 1.54) is 11.6 Å². The number of hydrogen-bond donors (Lipinski definition) is 2. The Hall–Kier alpha value is -3.13. The lowest BCUT2D eigenvalue weighted by Gasteiger charge is -2.13. The number of nitrogens with one attached hydrogen (secondary N) is 1. The van der Waals surface area contributed by atoms with Gasteiger partial charge in [0, 0.05) is 17.3 Å². The van der Waals surface area contributed by atoms with Crippen molar-refractivity contribution < 1.29 is 19.4 Å². The van der Waals surface area contributed by atoms with Crippen molar-refractivity contribution in [2.75, 3.05) is 13.2 Å². The molecule has 27 heavy (non-hydrogen) atoms. The number of benzene rings is 1. The number of carbonyl (C=O) groups is 2. The molecule has 2 aromatic heterocycles. The van der Waals surface area contributed by atoms with Crippen LogP contribution in [-0.2, 0) is 16.6 Å². The summed E-state index contributed by atoms with van der Waals surface area (Å²) in [7, 11) is 1.52. The van der Waals surface area contributed by atoms with Gasteiger partial charge in [0.25, 0.3) is 11.5 Å². The van der Waals surface area contributed by atoms with Gasteiger partial charge >= 0.3 is 5.97 Å². The zero-order valence-corrected chi connectivity index (χ0v) is 15.6. The summed E-state index contributed by atoms with van der Waals surface area (Å²) in [6.45, 7) is 1.45.